The van der Waals surface area contributed by atoms with Crippen molar-refractivity contribution in [3.05, 3.63) is 54.2 Å². The molecule has 2 aromatic rings. The predicted octanol–water partition coefficient (Wildman–Crippen LogP) is 2.86. The Labute approximate surface area is 155 Å². The van der Waals surface area contributed by atoms with Gasteiger partial charge in [-0.25, -0.2) is 4.98 Å². The molecule has 140 valence electrons. The zero-order valence-corrected chi connectivity index (χ0v) is 15.7. The first-order valence-electron chi connectivity index (χ1n) is 8.87. The number of rotatable bonds is 9. The Bertz CT molecular complexity index is 657. The summed E-state index contributed by atoms with van der Waals surface area (Å²) in [6.07, 6.45) is 1.80. The van der Waals surface area contributed by atoms with Gasteiger partial charge in [-0.1, -0.05) is 38.1 Å². The van der Waals surface area contributed by atoms with Crippen LogP contribution in [0, 0.1) is 5.92 Å². The topological polar surface area (TPSA) is 67.8 Å². The molecule has 0 atom stereocenters. The van der Waals surface area contributed by atoms with E-state index in [1.807, 2.05) is 42.5 Å². The lowest BCUT2D eigenvalue weighted by atomic mass is 10.2. The highest BCUT2D eigenvalue weighted by Gasteiger charge is 2.01. The number of aliphatic imine (C=N–C) groups is 1. The van der Waals surface area contributed by atoms with E-state index >= 15 is 0 Å². The van der Waals surface area contributed by atoms with Crippen LogP contribution in [0.5, 0.6) is 11.6 Å². The van der Waals surface area contributed by atoms with E-state index in [0.717, 1.165) is 23.8 Å². The molecule has 0 bridgehead atoms. The summed E-state index contributed by atoms with van der Waals surface area (Å²) in [4.78, 5) is 8.53. The fourth-order valence-electron chi connectivity index (χ4n) is 2.13. The molecule has 0 fully saturated rings. The molecule has 1 aromatic carbocycles. The van der Waals surface area contributed by atoms with Gasteiger partial charge >= 0.3 is 0 Å². The van der Waals surface area contributed by atoms with Crippen LogP contribution in [0.3, 0.4) is 0 Å². The third-order valence-electron chi connectivity index (χ3n) is 3.50. The number of guanidine groups is 1. The quantitative estimate of drug-likeness (QED) is 0.411. The summed E-state index contributed by atoms with van der Waals surface area (Å²) in [5.41, 5.74) is 1.06. The summed E-state index contributed by atoms with van der Waals surface area (Å²) < 4.78 is 11.2. The SMILES string of the molecule is CN=C(NCc1ccc(OCCOc2ccccc2)nc1)NCC(C)C. The van der Waals surface area contributed by atoms with Crippen molar-refractivity contribution in [1.29, 1.82) is 0 Å². The zero-order valence-electron chi connectivity index (χ0n) is 15.7. The minimum atomic E-state index is 0.450. The third kappa shape index (κ3) is 7.42. The maximum absolute atomic E-state index is 5.60. The van der Waals surface area contributed by atoms with Crippen LogP contribution >= 0.6 is 0 Å². The van der Waals surface area contributed by atoms with E-state index in [2.05, 4.69) is 34.5 Å². The second kappa shape index (κ2) is 11.0. The lowest BCUT2D eigenvalue weighted by molar-refractivity contribution is 0.212. The molecule has 0 radical (unpaired) electrons. The van der Waals surface area contributed by atoms with Gasteiger partial charge in [-0.3, -0.25) is 4.99 Å². The molecule has 1 aromatic heterocycles. The van der Waals surface area contributed by atoms with Crippen LogP contribution in [0.2, 0.25) is 0 Å². The summed E-state index contributed by atoms with van der Waals surface area (Å²) in [7, 11) is 1.77. The molecular weight excluding hydrogens is 328 g/mol. The van der Waals surface area contributed by atoms with Gasteiger partial charge in [0.1, 0.15) is 19.0 Å². The van der Waals surface area contributed by atoms with Crippen molar-refractivity contribution >= 4 is 5.96 Å². The average Bonchev–Trinajstić information content (AvgIpc) is 2.67. The normalized spacial score (nSPS) is 11.3. The molecule has 0 unspecified atom stereocenters. The summed E-state index contributed by atoms with van der Waals surface area (Å²) >= 11 is 0. The van der Waals surface area contributed by atoms with E-state index in [-0.39, 0.29) is 0 Å². The predicted molar refractivity (Wildman–Crippen MR) is 105 cm³/mol. The van der Waals surface area contributed by atoms with Gasteiger partial charge in [0.2, 0.25) is 5.88 Å². The van der Waals surface area contributed by atoms with Crippen LogP contribution in [-0.2, 0) is 6.54 Å². The minimum absolute atomic E-state index is 0.450. The van der Waals surface area contributed by atoms with Gasteiger partial charge in [0, 0.05) is 32.4 Å². The molecule has 0 saturated heterocycles. The number of para-hydroxylation sites is 1. The molecule has 2 N–H and O–H groups in total. The van der Waals surface area contributed by atoms with Crippen LogP contribution in [0.4, 0.5) is 0 Å². The van der Waals surface area contributed by atoms with Crippen molar-refractivity contribution in [2.75, 3.05) is 26.8 Å². The maximum atomic E-state index is 5.60. The second-order valence-corrected chi connectivity index (χ2v) is 6.22. The number of hydrogen-bond donors (Lipinski definition) is 2. The molecule has 26 heavy (non-hydrogen) atoms. The Balaban J connectivity index is 1.68. The number of hydrogen-bond acceptors (Lipinski definition) is 4. The molecule has 0 spiro atoms. The standard InChI is InChI=1S/C20H28N4O2/c1-16(2)13-23-20(21-3)24-15-17-9-10-19(22-14-17)26-12-11-25-18-7-5-4-6-8-18/h4-10,14,16H,11-13,15H2,1-3H3,(H2,21,23,24). The molecule has 0 amide bonds. The summed E-state index contributed by atoms with van der Waals surface area (Å²) in [6, 6.07) is 13.5. The van der Waals surface area contributed by atoms with E-state index in [0.29, 0.717) is 31.6 Å². The van der Waals surface area contributed by atoms with Crippen molar-refractivity contribution in [3.63, 3.8) is 0 Å². The van der Waals surface area contributed by atoms with Crippen LogP contribution in [0.1, 0.15) is 19.4 Å². The van der Waals surface area contributed by atoms with Gasteiger partial charge < -0.3 is 20.1 Å². The summed E-state index contributed by atoms with van der Waals surface area (Å²) in [6.45, 7) is 6.79. The van der Waals surface area contributed by atoms with Crippen LogP contribution < -0.4 is 20.1 Å². The van der Waals surface area contributed by atoms with Crippen molar-refractivity contribution in [3.8, 4) is 11.6 Å². The Morgan fingerprint density at radius 1 is 1.04 bits per heavy atom. The van der Waals surface area contributed by atoms with Gasteiger partial charge in [-0.15, -0.1) is 0 Å². The van der Waals surface area contributed by atoms with Crippen molar-refractivity contribution < 1.29 is 9.47 Å². The molecule has 0 aliphatic heterocycles. The van der Waals surface area contributed by atoms with Crippen molar-refractivity contribution in [2.24, 2.45) is 10.9 Å². The molecule has 6 nitrogen and oxygen atoms in total. The Morgan fingerprint density at radius 3 is 2.46 bits per heavy atom. The third-order valence-corrected chi connectivity index (χ3v) is 3.50. The van der Waals surface area contributed by atoms with Crippen molar-refractivity contribution in [1.82, 2.24) is 15.6 Å². The smallest absolute Gasteiger partial charge is 0.213 e. The Hall–Kier alpha value is -2.76. The van der Waals surface area contributed by atoms with Crippen molar-refractivity contribution in [2.45, 2.75) is 20.4 Å². The van der Waals surface area contributed by atoms with E-state index in [1.165, 1.54) is 0 Å². The maximum Gasteiger partial charge on any atom is 0.213 e. The number of aromatic nitrogens is 1. The van der Waals surface area contributed by atoms with E-state index in [1.54, 1.807) is 13.2 Å². The number of nitrogens with one attached hydrogen (secondary N) is 2. The van der Waals surface area contributed by atoms with Gasteiger partial charge in [0.15, 0.2) is 5.96 Å². The van der Waals surface area contributed by atoms with Gasteiger partial charge in [-0.2, -0.15) is 0 Å². The number of ether oxygens (including phenoxy) is 2. The summed E-state index contributed by atoms with van der Waals surface area (Å²) in [5.74, 6) is 2.78. The molecule has 2 rings (SSSR count). The number of pyridine rings is 1. The fraction of sp³-hybridized carbons (Fsp3) is 0.400. The fourth-order valence-corrected chi connectivity index (χ4v) is 2.13. The first-order chi connectivity index (χ1) is 12.7. The number of benzene rings is 1. The highest BCUT2D eigenvalue weighted by Crippen LogP contribution is 2.09. The highest BCUT2D eigenvalue weighted by molar-refractivity contribution is 5.79. The van der Waals surface area contributed by atoms with Gasteiger partial charge in [0.05, 0.1) is 0 Å². The average molecular weight is 356 g/mol. The minimum Gasteiger partial charge on any atom is -0.490 e. The molecule has 1 heterocycles. The van der Waals surface area contributed by atoms with E-state index in [4.69, 9.17) is 9.47 Å². The lowest BCUT2D eigenvalue weighted by Gasteiger charge is -2.13. The monoisotopic (exact) mass is 356 g/mol. The van der Waals surface area contributed by atoms with Gasteiger partial charge in [0.25, 0.3) is 0 Å². The lowest BCUT2D eigenvalue weighted by Crippen LogP contribution is -2.38. The second-order valence-electron chi connectivity index (χ2n) is 6.22. The molecule has 0 aliphatic rings. The molecular formula is C20H28N4O2. The summed E-state index contributed by atoms with van der Waals surface area (Å²) in [5, 5.41) is 6.55. The van der Waals surface area contributed by atoms with E-state index < -0.39 is 0 Å². The first-order valence-corrected chi connectivity index (χ1v) is 8.87. The number of nitrogens with zero attached hydrogens (tertiary/aromatic N) is 2. The Morgan fingerprint density at radius 2 is 1.81 bits per heavy atom. The van der Waals surface area contributed by atoms with E-state index in [9.17, 15) is 0 Å². The van der Waals surface area contributed by atoms with Gasteiger partial charge in [-0.05, 0) is 23.6 Å². The highest BCUT2D eigenvalue weighted by atomic mass is 16.5. The molecule has 6 heteroatoms. The van der Waals surface area contributed by atoms with Crippen LogP contribution in [-0.4, -0.2) is 37.7 Å². The van der Waals surface area contributed by atoms with Crippen LogP contribution in [0.15, 0.2) is 53.7 Å². The zero-order chi connectivity index (χ0) is 18.6. The largest absolute Gasteiger partial charge is 0.490 e. The Kier molecular flexibility index (Phi) is 8.26. The first kappa shape index (κ1) is 19.6. The van der Waals surface area contributed by atoms with Crippen LogP contribution in [0.25, 0.3) is 0 Å². The molecule has 0 aliphatic carbocycles. The molecule has 0 saturated carbocycles.